The molecule has 1 aromatic rings. The van der Waals surface area contributed by atoms with E-state index in [0.717, 1.165) is 13.1 Å². The molecule has 2 heteroatoms. The zero-order chi connectivity index (χ0) is 16.8. The highest BCUT2D eigenvalue weighted by Crippen LogP contribution is 2.04. The lowest BCUT2D eigenvalue weighted by Gasteiger charge is -2.19. The van der Waals surface area contributed by atoms with Gasteiger partial charge in [0.05, 0.1) is 0 Å². The summed E-state index contributed by atoms with van der Waals surface area (Å²) < 4.78 is 2.25. The van der Waals surface area contributed by atoms with Gasteiger partial charge in [0, 0.05) is 31.1 Å². The molecule has 0 atom stereocenters. The Hall–Kier alpha value is -1.57. The molecule has 2 rings (SSSR count). The predicted molar refractivity (Wildman–Crippen MR) is 100 cm³/mol. The standard InChI is InChI=1S/C11H19N.C10H16N/c1-2-3-4-6-9-12-10-7-5-8-11-12;1-3-4-7-11-8-5-6-10(2)9-11/h5,7-8,10H,2-4,6,9,11H2,1H3;5-6,8-9H,3-4,7H2,1-2H3/q;+1. The van der Waals surface area contributed by atoms with Crippen LogP contribution < -0.4 is 4.57 Å². The fraction of sp³-hybridized carbons (Fsp3) is 0.571. The minimum absolute atomic E-state index is 1.10. The Morgan fingerprint density at radius 3 is 2.52 bits per heavy atom. The highest BCUT2D eigenvalue weighted by atomic mass is 15.1. The van der Waals surface area contributed by atoms with Crippen LogP contribution in [-0.2, 0) is 6.54 Å². The number of allylic oxidation sites excluding steroid dienone is 2. The van der Waals surface area contributed by atoms with Crippen LogP contribution in [0.25, 0.3) is 0 Å². The van der Waals surface area contributed by atoms with Gasteiger partial charge in [-0.2, -0.15) is 0 Å². The third-order valence-corrected chi connectivity index (χ3v) is 3.96. The Balaban J connectivity index is 0.000000231. The van der Waals surface area contributed by atoms with Crippen LogP contribution in [0.5, 0.6) is 0 Å². The molecular weight excluding hydrogens is 280 g/mol. The fourth-order valence-corrected chi connectivity index (χ4v) is 2.55. The second kappa shape index (κ2) is 12.9. The van der Waals surface area contributed by atoms with E-state index in [9.17, 15) is 0 Å². The highest BCUT2D eigenvalue weighted by Gasteiger charge is 1.98. The zero-order valence-corrected chi connectivity index (χ0v) is 15.4. The van der Waals surface area contributed by atoms with Gasteiger partial charge in [-0.3, -0.25) is 0 Å². The number of nitrogens with zero attached hydrogens (tertiary/aromatic N) is 2. The molecule has 1 aliphatic heterocycles. The Kier molecular flexibility index (Phi) is 10.9. The molecule has 128 valence electrons. The average molecular weight is 316 g/mol. The molecule has 0 N–H and O–H groups in total. The quantitative estimate of drug-likeness (QED) is 0.482. The first-order chi connectivity index (χ1) is 11.3. The first-order valence-electron chi connectivity index (χ1n) is 9.29. The van der Waals surface area contributed by atoms with E-state index in [-0.39, 0.29) is 0 Å². The van der Waals surface area contributed by atoms with Gasteiger partial charge in [-0.15, -0.1) is 0 Å². The topological polar surface area (TPSA) is 7.12 Å². The Morgan fingerprint density at radius 1 is 1.04 bits per heavy atom. The summed E-state index contributed by atoms with van der Waals surface area (Å²) in [7, 11) is 0. The van der Waals surface area contributed by atoms with E-state index in [1.807, 2.05) is 0 Å². The number of hydrogen-bond donors (Lipinski definition) is 0. The van der Waals surface area contributed by atoms with Gasteiger partial charge >= 0.3 is 0 Å². The maximum absolute atomic E-state index is 2.37. The summed E-state index contributed by atoms with van der Waals surface area (Å²) in [5, 5.41) is 0. The van der Waals surface area contributed by atoms with Crippen LogP contribution in [0.1, 0.15) is 57.9 Å². The average Bonchev–Trinajstić information content (AvgIpc) is 2.59. The summed E-state index contributed by atoms with van der Waals surface area (Å²) in [5.41, 5.74) is 1.34. The van der Waals surface area contributed by atoms with E-state index in [4.69, 9.17) is 0 Å². The van der Waals surface area contributed by atoms with E-state index in [1.165, 1.54) is 50.6 Å². The Bertz CT molecular complexity index is 463. The van der Waals surface area contributed by atoms with Gasteiger partial charge in [0.1, 0.15) is 6.54 Å². The SMILES string of the molecule is CCCCCCN1C=CC=CC1.CCCC[n+]1cccc(C)c1. The van der Waals surface area contributed by atoms with Gasteiger partial charge in [0.25, 0.3) is 0 Å². The van der Waals surface area contributed by atoms with Crippen molar-refractivity contribution in [1.29, 1.82) is 0 Å². The van der Waals surface area contributed by atoms with E-state index in [2.05, 4.69) is 79.2 Å². The number of rotatable bonds is 8. The second-order valence-corrected chi connectivity index (χ2v) is 6.30. The number of aromatic nitrogens is 1. The van der Waals surface area contributed by atoms with Crippen LogP contribution >= 0.6 is 0 Å². The van der Waals surface area contributed by atoms with Crippen molar-refractivity contribution in [2.24, 2.45) is 0 Å². The van der Waals surface area contributed by atoms with Crippen molar-refractivity contribution in [3.05, 3.63) is 54.5 Å². The maximum atomic E-state index is 2.37. The van der Waals surface area contributed by atoms with E-state index < -0.39 is 0 Å². The minimum Gasteiger partial charge on any atom is -0.374 e. The van der Waals surface area contributed by atoms with Crippen LogP contribution in [0.2, 0.25) is 0 Å². The number of unbranched alkanes of at least 4 members (excludes halogenated alkanes) is 4. The molecule has 0 unspecified atom stereocenters. The number of hydrogen-bond acceptors (Lipinski definition) is 1. The van der Waals surface area contributed by atoms with Crippen LogP contribution in [0, 0.1) is 6.92 Å². The highest BCUT2D eigenvalue weighted by molar-refractivity contribution is 5.08. The summed E-state index contributed by atoms with van der Waals surface area (Å²) in [6.07, 6.45) is 20.9. The lowest BCUT2D eigenvalue weighted by Crippen LogP contribution is -2.32. The summed E-state index contributed by atoms with van der Waals surface area (Å²) in [5.74, 6) is 0. The van der Waals surface area contributed by atoms with Crippen molar-refractivity contribution in [3.63, 3.8) is 0 Å². The second-order valence-electron chi connectivity index (χ2n) is 6.30. The number of pyridine rings is 1. The molecule has 0 radical (unpaired) electrons. The zero-order valence-electron chi connectivity index (χ0n) is 15.4. The Morgan fingerprint density at radius 2 is 1.87 bits per heavy atom. The summed E-state index contributed by atoms with van der Waals surface area (Å²) in [6.45, 7) is 10.1. The van der Waals surface area contributed by atoms with Gasteiger partial charge in [-0.25, -0.2) is 4.57 Å². The van der Waals surface area contributed by atoms with Crippen LogP contribution in [0.3, 0.4) is 0 Å². The molecule has 2 heterocycles. The molecule has 0 bridgehead atoms. The molecule has 0 saturated carbocycles. The molecule has 1 aromatic heterocycles. The smallest absolute Gasteiger partial charge is 0.171 e. The van der Waals surface area contributed by atoms with Gasteiger partial charge in [0.15, 0.2) is 12.4 Å². The van der Waals surface area contributed by atoms with Crippen molar-refractivity contribution in [2.75, 3.05) is 13.1 Å². The number of aryl methyl sites for hydroxylation is 2. The van der Waals surface area contributed by atoms with Gasteiger partial charge in [0.2, 0.25) is 0 Å². The normalized spacial score (nSPS) is 12.9. The molecule has 0 amide bonds. The van der Waals surface area contributed by atoms with Gasteiger partial charge < -0.3 is 4.90 Å². The fourth-order valence-electron chi connectivity index (χ4n) is 2.55. The molecule has 0 saturated heterocycles. The maximum Gasteiger partial charge on any atom is 0.171 e. The summed E-state index contributed by atoms with van der Waals surface area (Å²) in [4.78, 5) is 2.37. The van der Waals surface area contributed by atoms with Crippen LogP contribution in [0.15, 0.2) is 49.0 Å². The first-order valence-corrected chi connectivity index (χ1v) is 9.29. The largest absolute Gasteiger partial charge is 0.374 e. The van der Waals surface area contributed by atoms with Crippen molar-refractivity contribution in [1.82, 2.24) is 4.90 Å². The monoisotopic (exact) mass is 315 g/mol. The Labute approximate surface area is 143 Å². The van der Waals surface area contributed by atoms with Crippen LogP contribution in [-0.4, -0.2) is 18.0 Å². The van der Waals surface area contributed by atoms with Crippen molar-refractivity contribution < 1.29 is 4.57 Å². The van der Waals surface area contributed by atoms with E-state index >= 15 is 0 Å². The third kappa shape index (κ3) is 9.93. The molecule has 23 heavy (non-hydrogen) atoms. The molecule has 1 aliphatic rings. The van der Waals surface area contributed by atoms with Crippen molar-refractivity contribution in [2.45, 2.75) is 65.8 Å². The van der Waals surface area contributed by atoms with Crippen molar-refractivity contribution in [3.8, 4) is 0 Å². The summed E-state index contributed by atoms with van der Waals surface area (Å²) in [6, 6.07) is 4.23. The third-order valence-electron chi connectivity index (χ3n) is 3.96. The molecule has 0 fully saturated rings. The van der Waals surface area contributed by atoms with E-state index in [1.54, 1.807) is 0 Å². The minimum atomic E-state index is 1.10. The lowest BCUT2D eigenvalue weighted by molar-refractivity contribution is -0.697. The van der Waals surface area contributed by atoms with Gasteiger partial charge in [-0.05, 0) is 31.7 Å². The van der Waals surface area contributed by atoms with Crippen molar-refractivity contribution >= 4 is 0 Å². The predicted octanol–water partition coefficient (Wildman–Crippen LogP) is 5.03. The van der Waals surface area contributed by atoms with Crippen LogP contribution in [0.4, 0.5) is 0 Å². The summed E-state index contributed by atoms with van der Waals surface area (Å²) >= 11 is 0. The lowest BCUT2D eigenvalue weighted by atomic mass is 10.2. The van der Waals surface area contributed by atoms with Gasteiger partial charge in [-0.1, -0.05) is 51.7 Å². The molecule has 0 aliphatic carbocycles. The first kappa shape index (κ1) is 19.5. The molecule has 0 spiro atoms. The van der Waals surface area contributed by atoms with E-state index in [0.29, 0.717) is 0 Å². The molecular formula is C21H35N2+. The molecule has 0 aromatic carbocycles. The molecule has 2 nitrogen and oxygen atoms in total.